The van der Waals surface area contributed by atoms with E-state index in [4.69, 9.17) is 5.73 Å². The van der Waals surface area contributed by atoms with Gasteiger partial charge in [-0.25, -0.2) is 0 Å². The Kier molecular flexibility index (Phi) is 5.61. The number of hydrogen-bond donors (Lipinski definition) is 2. The molecule has 0 unspecified atom stereocenters. The Morgan fingerprint density at radius 3 is 2.31 bits per heavy atom. The average molecular weight is 256 g/mol. The molecule has 0 aliphatic heterocycles. The Balaban J connectivity index is 0.00000225. The molecule has 1 aromatic carbocycles. The zero-order chi connectivity index (χ0) is 11.5. The van der Waals surface area contributed by atoms with Gasteiger partial charge in [0.1, 0.15) is 5.75 Å². The zero-order valence-electron chi connectivity index (χ0n) is 8.37. The largest absolute Gasteiger partial charge is 0.508 e. The molecule has 1 aromatic rings. The van der Waals surface area contributed by atoms with Crippen molar-refractivity contribution >= 4 is 12.4 Å². The summed E-state index contributed by atoms with van der Waals surface area (Å²) in [6.45, 7) is 0. The summed E-state index contributed by atoms with van der Waals surface area (Å²) in [4.78, 5) is 0. The molecular formula is C10H13ClF3NO. The molecule has 0 bridgehead atoms. The molecule has 2 nitrogen and oxygen atoms in total. The molecule has 0 saturated carbocycles. The number of hydrogen-bond acceptors (Lipinski definition) is 2. The van der Waals surface area contributed by atoms with Crippen LogP contribution in [0.1, 0.15) is 24.4 Å². The van der Waals surface area contributed by atoms with Crippen LogP contribution in [0.5, 0.6) is 5.75 Å². The highest BCUT2D eigenvalue weighted by Gasteiger charge is 2.28. The summed E-state index contributed by atoms with van der Waals surface area (Å²) in [7, 11) is 0. The predicted molar refractivity (Wildman–Crippen MR) is 57.6 cm³/mol. The van der Waals surface area contributed by atoms with Gasteiger partial charge in [-0.1, -0.05) is 18.2 Å². The standard InChI is InChI=1S/C10H12F3NO.ClH/c11-10(12,13)6-5-8(14)7-3-1-2-4-9(7)15;/h1-4,8,15H,5-6,14H2;1H/t8-;/m1./s1. The summed E-state index contributed by atoms with van der Waals surface area (Å²) in [5, 5.41) is 9.35. The molecule has 0 aliphatic carbocycles. The molecular weight excluding hydrogens is 243 g/mol. The van der Waals surface area contributed by atoms with Crippen LogP contribution in [0.15, 0.2) is 24.3 Å². The van der Waals surface area contributed by atoms with Gasteiger partial charge in [0.25, 0.3) is 0 Å². The van der Waals surface area contributed by atoms with Crippen LogP contribution in [0, 0.1) is 0 Å². The normalized spacial score (nSPS) is 13.0. The molecule has 0 aliphatic rings. The molecule has 1 rings (SSSR count). The molecule has 16 heavy (non-hydrogen) atoms. The van der Waals surface area contributed by atoms with E-state index >= 15 is 0 Å². The first-order valence-corrected chi connectivity index (χ1v) is 4.50. The van der Waals surface area contributed by atoms with Gasteiger partial charge in [-0.05, 0) is 12.5 Å². The van der Waals surface area contributed by atoms with Crippen molar-refractivity contribution in [1.82, 2.24) is 0 Å². The minimum absolute atomic E-state index is 0. The van der Waals surface area contributed by atoms with Crippen molar-refractivity contribution < 1.29 is 18.3 Å². The zero-order valence-corrected chi connectivity index (χ0v) is 9.18. The van der Waals surface area contributed by atoms with Crippen molar-refractivity contribution in [2.75, 3.05) is 0 Å². The lowest BCUT2D eigenvalue weighted by molar-refractivity contribution is -0.136. The van der Waals surface area contributed by atoms with E-state index in [-0.39, 0.29) is 24.6 Å². The molecule has 0 spiro atoms. The van der Waals surface area contributed by atoms with Gasteiger partial charge < -0.3 is 10.8 Å². The van der Waals surface area contributed by atoms with Crippen LogP contribution in [0.2, 0.25) is 0 Å². The average Bonchev–Trinajstić information content (AvgIpc) is 2.14. The molecule has 0 fully saturated rings. The fourth-order valence-electron chi connectivity index (χ4n) is 1.28. The van der Waals surface area contributed by atoms with E-state index in [1.165, 1.54) is 12.1 Å². The van der Waals surface area contributed by atoms with Crippen LogP contribution in [0.25, 0.3) is 0 Å². The van der Waals surface area contributed by atoms with E-state index in [9.17, 15) is 18.3 Å². The van der Waals surface area contributed by atoms with E-state index < -0.39 is 18.6 Å². The van der Waals surface area contributed by atoms with Gasteiger partial charge >= 0.3 is 6.18 Å². The summed E-state index contributed by atoms with van der Waals surface area (Å²) in [5.41, 5.74) is 5.89. The fraction of sp³-hybridized carbons (Fsp3) is 0.400. The maximum Gasteiger partial charge on any atom is 0.389 e. The molecule has 3 N–H and O–H groups in total. The molecule has 1 atom stereocenters. The summed E-state index contributed by atoms with van der Waals surface area (Å²) >= 11 is 0. The van der Waals surface area contributed by atoms with Gasteiger partial charge in [-0.15, -0.1) is 12.4 Å². The first-order valence-electron chi connectivity index (χ1n) is 4.50. The third-order valence-electron chi connectivity index (χ3n) is 2.08. The third kappa shape index (κ3) is 4.72. The van der Waals surface area contributed by atoms with Crippen LogP contribution >= 0.6 is 12.4 Å². The topological polar surface area (TPSA) is 46.2 Å². The SMILES string of the molecule is Cl.N[C@H](CCC(F)(F)F)c1ccccc1O. The second-order valence-corrected chi connectivity index (χ2v) is 3.32. The van der Waals surface area contributed by atoms with Crippen LogP contribution in [-0.2, 0) is 0 Å². The highest BCUT2D eigenvalue weighted by molar-refractivity contribution is 5.85. The Morgan fingerprint density at radius 1 is 1.25 bits per heavy atom. The minimum Gasteiger partial charge on any atom is -0.508 e. The van der Waals surface area contributed by atoms with E-state index in [1.54, 1.807) is 12.1 Å². The van der Waals surface area contributed by atoms with E-state index in [1.807, 2.05) is 0 Å². The number of nitrogens with two attached hydrogens (primary N) is 1. The number of aromatic hydroxyl groups is 1. The molecule has 6 heteroatoms. The first-order chi connectivity index (χ1) is 6.90. The number of rotatable bonds is 3. The predicted octanol–water partition coefficient (Wildman–Crippen LogP) is 3.16. The molecule has 0 saturated heterocycles. The number of alkyl halides is 3. The van der Waals surface area contributed by atoms with Crippen molar-refractivity contribution in [2.24, 2.45) is 5.73 Å². The lowest BCUT2D eigenvalue weighted by Gasteiger charge is -2.14. The Bertz CT molecular complexity index is 330. The molecule has 0 heterocycles. The van der Waals surface area contributed by atoms with Gasteiger partial charge in [0.15, 0.2) is 0 Å². The van der Waals surface area contributed by atoms with Crippen LogP contribution in [0.3, 0.4) is 0 Å². The van der Waals surface area contributed by atoms with Crippen LogP contribution in [0.4, 0.5) is 13.2 Å². The van der Waals surface area contributed by atoms with Crippen molar-refractivity contribution in [2.45, 2.75) is 25.1 Å². The summed E-state index contributed by atoms with van der Waals surface area (Å²) in [5.74, 6) is -0.0628. The van der Waals surface area contributed by atoms with Gasteiger partial charge in [0.05, 0.1) is 0 Å². The number of phenolic OH excluding ortho intramolecular Hbond substituents is 1. The summed E-state index contributed by atoms with van der Waals surface area (Å²) in [6, 6.07) is 5.37. The summed E-state index contributed by atoms with van der Waals surface area (Å²) < 4.78 is 35.7. The lowest BCUT2D eigenvalue weighted by atomic mass is 10.0. The quantitative estimate of drug-likeness (QED) is 0.872. The van der Waals surface area contributed by atoms with Crippen molar-refractivity contribution in [3.8, 4) is 5.75 Å². The van der Waals surface area contributed by atoms with Gasteiger partial charge in [0.2, 0.25) is 0 Å². The third-order valence-corrected chi connectivity index (χ3v) is 2.08. The van der Waals surface area contributed by atoms with Crippen molar-refractivity contribution in [1.29, 1.82) is 0 Å². The minimum atomic E-state index is -4.21. The van der Waals surface area contributed by atoms with Gasteiger partial charge in [-0.2, -0.15) is 13.2 Å². The Hall–Kier alpha value is -0.940. The smallest absolute Gasteiger partial charge is 0.389 e. The number of halogens is 4. The second kappa shape index (κ2) is 5.96. The molecule has 0 amide bonds. The van der Waals surface area contributed by atoms with E-state index in [2.05, 4.69) is 0 Å². The van der Waals surface area contributed by atoms with Gasteiger partial charge in [-0.3, -0.25) is 0 Å². The van der Waals surface area contributed by atoms with Crippen molar-refractivity contribution in [3.63, 3.8) is 0 Å². The monoisotopic (exact) mass is 255 g/mol. The molecule has 0 aromatic heterocycles. The van der Waals surface area contributed by atoms with Crippen LogP contribution < -0.4 is 5.73 Å². The Labute approximate surface area is 97.7 Å². The lowest BCUT2D eigenvalue weighted by Crippen LogP contribution is -2.15. The number of phenols is 1. The summed E-state index contributed by atoms with van der Waals surface area (Å²) in [6.07, 6.45) is -5.37. The fourth-order valence-corrected chi connectivity index (χ4v) is 1.28. The maximum absolute atomic E-state index is 11.9. The highest BCUT2D eigenvalue weighted by atomic mass is 35.5. The number of benzene rings is 1. The second-order valence-electron chi connectivity index (χ2n) is 3.32. The van der Waals surface area contributed by atoms with Crippen molar-refractivity contribution in [3.05, 3.63) is 29.8 Å². The molecule has 92 valence electrons. The van der Waals surface area contributed by atoms with E-state index in [0.29, 0.717) is 5.56 Å². The Morgan fingerprint density at radius 2 is 1.81 bits per heavy atom. The maximum atomic E-state index is 11.9. The number of para-hydroxylation sites is 1. The van der Waals surface area contributed by atoms with Gasteiger partial charge in [0, 0.05) is 18.0 Å². The van der Waals surface area contributed by atoms with E-state index in [0.717, 1.165) is 0 Å². The highest BCUT2D eigenvalue weighted by Crippen LogP contribution is 2.29. The van der Waals surface area contributed by atoms with Crippen LogP contribution in [-0.4, -0.2) is 11.3 Å². The first kappa shape index (κ1) is 15.1. The molecule has 0 radical (unpaired) electrons.